The molecule has 7 heteroatoms. The van der Waals surface area contributed by atoms with Crippen LogP contribution in [0.3, 0.4) is 0 Å². The first-order chi connectivity index (χ1) is 7.75. The van der Waals surface area contributed by atoms with Crippen molar-refractivity contribution in [1.29, 1.82) is 0 Å². The van der Waals surface area contributed by atoms with Gasteiger partial charge in [0.2, 0.25) is 6.79 Å². The Morgan fingerprint density at radius 2 is 2.00 bits per heavy atom. The lowest BCUT2D eigenvalue weighted by atomic mass is 9.96. The number of nitrogens with zero attached hydrogens (tertiary/aromatic N) is 1. The Labute approximate surface area is 103 Å². The van der Waals surface area contributed by atoms with E-state index in [1.54, 1.807) is 6.07 Å². The monoisotopic (exact) mass is 258 g/mol. The first-order valence-electron chi connectivity index (χ1n) is 5.07. The van der Waals surface area contributed by atoms with Crippen molar-refractivity contribution in [3.63, 3.8) is 0 Å². The Morgan fingerprint density at radius 3 is 2.53 bits per heavy atom. The van der Waals surface area contributed by atoms with Crippen LogP contribution in [-0.4, -0.2) is 18.3 Å². The summed E-state index contributed by atoms with van der Waals surface area (Å²) in [5, 5.41) is 14.1. The van der Waals surface area contributed by atoms with E-state index in [0.29, 0.717) is 17.1 Å². The third-order valence-electron chi connectivity index (χ3n) is 2.92. The van der Waals surface area contributed by atoms with Gasteiger partial charge in [-0.2, -0.15) is 0 Å². The largest absolute Gasteiger partial charge is 0.454 e. The van der Waals surface area contributed by atoms with Crippen molar-refractivity contribution >= 4 is 18.1 Å². The molecule has 1 aromatic rings. The second-order valence-corrected chi connectivity index (χ2v) is 3.82. The summed E-state index contributed by atoms with van der Waals surface area (Å²) in [5.74, 6) is 1.05. The normalized spacial score (nSPS) is 20.4. The highest BCUT2D eigenvalue weighted by Gasteiger charge is 2.30. The molecule has 0 aliphatic carbocycles. The lowest BCUT2D eigenvalue weighted by molar-refractivity contribution is -0.386. The molecule has 0 unspecified atom stereocenters. The van der Waals surface area contributed by atoms with Crippen LogP contribution >= 0.6 is 12.4 Å². The van der Waals surface area contributed by atoms with Crippen molar-refractivity contribution in [3.8, 4) is 11.5 Å². The molecule has 3 rings (SSSR count). The maximum absolute atomic E-state index is 10.9. The summed E-state index contributed by atoms with van der Waals surface area (Å²) < 4.78 is 10.3. The number of nitro groups is 1. The molecule has 2 aliphatic rings. The number of nitro benzene ring substituents is 1. The zero-order valence-electron chi connectivity index (χ0n) is 8.84. The Morgan fingerprint density at radius 1 is 1.35 bits per heavy atom. The van der Waals surface area contributed by atoms with E-state index in [2.05, 4.69) is 5.32 Å². The van der Waals surface area contributed by atoms with Crippen LogP contribution in [0, 0.1) is 10.1 Å². The topological polar surface area (TPSA) is 73.6 Å². The molecule has 0 bridgehead atoms. The highest BCUT2D eigenvalue weighted by molar-refractivity contribution is 5.85. The van der Waals surface area contributed by atoms with Gasteiger partial charge in [-0.05, 0) is 19.0 Å². The first kappa shape index (κ1) is 11.9. The lowest BCUT2D eigenvalue weighted by Crippen LogP contribution is -2.35. The van der Waals surface area contributed by atoms with Gasteiger partial charge >= 0.3 is 0 Å². The average molecular weight is 259 g/mol. The second kappa shape index (κ2) is 4.38. The van der Waals surface area contributed by atoms with Crippen molar-refractivity contribution in [2.75, 3.05) is 13.3 Å². The van der Waals surface area contributed by atoms with Crippen molar-refractivity contribution in [3.05, 3.63) is 27.8 Å². The SMILES string of the molecule is Cl.O=[N+]([O-])c1cc2c(cc1[C@@H]1CCN1)OCO2. The molecule has 2 aliphatic heterocycles. The zero-order valence-corrected chi connectivity index (χ0v) is 9.66. The molecule has 2 heterocycles. The number of benzene rings is 1. The number of nitrogens with one attached hydrogen (secondary N) is 1. The van der Waals surface area contributed by atoms with Gasteiger partial charge in [-0.25, -0.2) is 0 Å². The lowest BCUT2D eigenvalue weighted by Gasteiger charge is -2.27. The van der Waals surface area contributed by atoms with Gasteiger partial charge in [0.1, 0.15) is 0 Å². The van der Waals surface area contributed by atoms with Crippen LogP contribution in [0.15, 0.2) is 12.1 Å². The van der Waals surface area contributed by atoms with E-state index in [1.165, 1.54) is 6.07 Å². The third kappa shape index (κ3) is 1.89. The average Bonchev–Trinajstić information content (AvgIpc) is 2.60. The van der Waals surface area contributed by atoms with Gasteiger partial charge in [0, 0.05) is 6.04 Å². The fourth-order valence-corrected chi connectivity index (χ4v) is 1.94. The highest BCUT2D eigenvalue weighted by Crippen LogP contribution is 2.41. The van der Waals surface area contributed by atoms with E-state index in [0.717, 1.165) is 13.0 Å². The fraction of sp³-hybridized carbons (Fsp3) is 0.400. The Balaban J connectivity index is 0.00000108. The van der Waals surface area contributed by atoms with Gasteiger partial charge in [0.15, 0.2) is 11.5 Å². The minimum atomic E-state index is -0.378. The first-order valence-corrected chi connectivity index (χ1v) is 5.07. The van der Waals surface area contributed by atoms with Gasteiger partial charge in [-0.3, -0.25) is 10.1 Å². The van der Waals surface area contributed by atoms with Crippen LogP contribution in [0.4, 0.5) is 5.69 Å². The number of hydrogen-bond acceptors (Lipinski definition) is 5. The van der Waals surface area contributed by atoms with Crippen molar-refractivity contribution in [1.82, 2.24) is 5.32 Å². The summed E-state index contributed by atoms with van der Waals surface area (Å²) in [4.78, 5) is 10.6. The molecule has 0 saturated carbocycles. The molecule has 1 fully saturated rings. The Hall–Kier alpha value is -1.53. The van der Waals surface area contributed by atoms with Gasteiger partial charge in [-0.15, -0.1) is 12.4 Å². The Bertz CT molecular complexity index is 462. The molecule has 6 nitrogen and oxygen atoms in total. The molecule has 0 radical (unpaired) electrons. The van der Waals surface area contributed by atoms with E-state index >= 15 is 0 Å². The minimum Gasteiger partial charge on any atom is -0.454 e. The summed E-state index contributed by atoms with van der Waals surface area (Å²) in [7, 11) is 0. The molecule has 92 valence electrons. The van der Waals surface area contributed by atoms with Gasteiger partial charge in [0.05, 0.1) is 16.6 Å². The number of hydrogen-bond donors (Lipinski definition) is 1. The number of ether oxygens (including phenoxy) is 2. The minimum absolute atomic E-state index is 0. The van der Waals surface area contributed by atoms with Crippen LogP contribution in [-0.2, 0) is 0 Å². The molecule has 0 spiro atoms. The van der Waals surface area contributed by atoms with Crippen LogP contribution in [0.2, 0.25) is 0 Å². The van der Waals surface area contributed by atoms with E-state index in [9.17, 15) is 10.1 Å². The maximum atomic E-state index is 10.9. The van der Waals surface area contributed by atoms with E-state index in [1.807, 2.05) is 0 Å². The maximum Gasteiger partial charge on any atom is 0.278 e. The summed E-state index contributed by atoms with van der Waals surface area (Å²) in [6.07, 6.45) is 0.917. The molecule has 0 aromatic heterocycles. The van der Waals surface area contributed by atoms with Crippen molar-refractivity contribution in [2.24, 2.45) is 0 Å². The fourth-order valence-electron chi connectivity index (χ4n) is 1.94. The molecule has 1 aromatic carbocycles. The second-order valence-electron chi connectivity index (χ2n) is 3.82. The number of fused-ring (bicyclic) bond motifs is 1. The summed E-state index contributed by atoms with van der Waals surface area (Å²) in [6, 6.07) is 3.21. The van der Waals surface area contributed by atoms with Gasteiger partial charge in [0.25, 0.3) is 5.69 Å². The van der Waals surface area contributed by atoms with Crippen LogP contribution in [0.25, 0.3) is 0 Å². The zero-order chi connectivity index (χ0) is 11.1. The summed E-state index contributed by atoms with van der Waals surface area (Å²) >= 11 is 0. The van der Waals surface area contributed by atoms with Gasteiger partial charge in [-0.1, -0.05) is 0 Å². The predicted molar refractivity (Wildman–Crippen MR) is 61.8 cm³/mol. The van der Waals surface area contributed by atoms with E-state index in [4.69, 9.17) is 9.47 Å². The van der Waals surface area contributed by atoms with Crippen LogP contribution in [0.1, 0.15) is 18.0 Å². The smallest absolute Gasteiger partial charge is 0.278 e. The number of rotatable bonds is 2. The third-order valence-corrected chi connectivity index (χ3v) is 2.92. The predicted octanol–water partition coefficient (Wildman–Crippen LogP) is 1.78. The van der Waals surface area contributed by atoms with Crippen LogP contribution in [0.5, 0.6) is 11.5 Å². The van der Waals surface area contributed by atoms with E-state index in [-0.39, 0.29) is 35.9 Å². The molecule has 1 N–H and O–H groups in total. The molecular formula is C10H11ClN2O4. The van der Waals surface area contributed by atoms with Crippen molar-refractivity contribution in [2.45, 2.75) is 12.5 Å². The van der Waals surface area contributed by atoms with E-state index < -0.39 is 0 Å². The standard InChI is InChI=1S/C10H10N2O4.ClH/c13-12(14)8-4-10-9(15-5-16-10)3-6(8)7-1-2-11-7;/h3-4,7,11H,1-2,5H2;1H/t7-;/m0./s1. The van der Waals surface area contributed by atoms with Crippen molar-refractivity contribution < 1.29 is 14.4 Å². The molecule has 17 heavy (non-hydrogen) atoms. The van der Waals surface area contributed by atoms with Gasteiger partial charge < -0.3 is 14.8 Å². The molecular weight excluding hydrogens is 248 g/mol. The number of halogens is 1. The molecule has 1 atom stereocenters. The molecule has 0 amide bonds. The summed E-state index contributed by atoms with van der Waals surface area (Å²) in [6.45, 7) is 1.03. The highest BCUT2D eigenvalue weighted by atomic mass is 35.5. The van der Waals surface area contributed by atoms with Crippen LogP contribution < -0.4 is 14.8 Å². The Kier molecular flexibility index (Phi) is 3.08. The molecule has 1 saturated heterocycles. The summed E-state index contributed by atoms with van der Waals surface area (Å²) in [5.41, 5.74) is 0.780. The quantitative estimate of drug-likeness (QED) is 0.647.